The van der Waals surface area contributed by atoms with E-state index in [1.165, 1.54) is 27.3 Å². The zero-order valence-electron chi connectivity index (χ0n) is 12.7. The molecule has 1 atom stereocenters. The molecule has 0 aliphatic carbocycles. The van der Waals surface area contributed by atoms with Crippen molar-refractivity contribution in [3.63, 3.8) is 0 Å². The van der Waals surface area contributed by atoms with Crippen LogP contribution in [0.15, 0.2) is 47.4 Å². The molecule has 2 aromatic rings. The smallest absolute Gasteiger partial charge is 0.0486 e. The first-order chi connectivity index (χ1) is 9.60. The van der Waals surface area contributed by atoms with Crippen molar-refractivity contribution in [1.82, 2.24) is 0 Å². The highest BCUT2D eigenvalue weighted by atomic mass is 32.2. The number of para-hydroxylation sites is 1. The third kappa shape index (κ3) is 3.80. The fourth-order valence-electron chi connectivity index (χ4n) is 2.44. The summed E-state index contributed by atoms with van der Waals surface area (Å²) < 4.78 is 0. The summed E-state index contributed by atoms with van der Waals surface area (Å²) in [5.41, 5.74) is 5.22. The summed E-state index contributed by atoms with van der Waals surface area (Å²) in [5, 5.41) is 3.65. The van der Waals surface area contributed by atoms with Gasteiger partial charge in [-0.2, -0.15) is 0 Å². The molecule has 0 aliphatic heterocycles. The van der Waals surface area contributed by atoms with E-state index in [0.717, 1.165) is 5.75 Å². The number of nitrogens with one attached hydrogen (secondary N) is 1. The van der Waals surface area contributed by atoms with Crippen LogP contribution in [0.4, 0.5) is 5.69 Å². The van der Waals surface area contributed by atoms with Crippen LogP contribution >= 0.6 is 11.8 Å². The molecule has 2 rings (SSSR count). The highest BCUT2D eigenvalue weighted by Gasteiger charge is 2.09. The quantitative estimate of drug-likeness (QED) is 0.719. The van der Waals surface area contributed by atoms with E-state index in [4.69, 9.17) is 0 Å². The average molecular weight is 285 g/mol. The zero-order chi connectivity index (χ0) is 14.5. The van der Waals surface area contributed by atoms with Gasteiger partial charge in [0.1, 0.15) is 0 Å². The molecule has 0 aromatic heterocycles. The Balaban J connectivity index is 2.21. The van der Waals surface area contributed by atoms with Gasteiger partial charge in [-0.25, -0.2) is 0 Å². The second-order valence-corrected chi connectivity index (χ2v) is 6.52. The lowest BCUT2D eigenvalue weighted by molar-refractivity contribution is 0.875. The molecule has 0 bridgehead atoms. The van der Waals surface area contributed by atoms with Crippen molar-refractivity contribution in [3.05, 3.63) is 59.2 Å². The average Bonchev–Trinajstić information content (AvgIpc) is 2.40. The van der Waals surface area contributed by atoms with Crippen molar-refractivity contribution in [1.29, 1.82) is 0 Å². The summed E-state index contributed by atoms with van der Waals surface area (Å²) in [7, 11) is 0. The van der Waals surface area contributed by atoms with Gasteiger partial charge in [0.15, 0.2) is 0 Å². The van der Waals surface area contributed by atoms with Crippen LogP contribution in [0.2, 0.25) is 0 Å². The summed E-state index contributed by atoms with van der Waals surface area (Å²) in [5.74, 6) is 1.09. The van der Waals surface area contributed by atoms with E-state index in [-0.39, 0.29) is 0 Å². The molecule has 106 valence electrons. The minimum atomic E-state index is 0.312. The van der Waals surface area contributed by atoms with Crippen LogP contribution in [-0.4, -0.2) is 5.75 Å². The van der Waals surface area contributed by atoms with Crippen LogP contribution in [0.5, 0.6) is 0 Å². The maximum atomic E-state index is 3.65. The first-order valence-electron chi connectivity index (χ1n) is 7.16. The van der Waals surface area contributed by atoms with Gasteiger partial charge in [0.05, 0.1) is 0 Å². The molecular weight excluding hydrogens is 262 g/mol. The summed E-state index contributed by atoms with van der Waals surface area (Å²) in [6.07, 6.45) is 0. The Labute approximate surface area is 126 Å². The molecule has 0 amide bonds. The lowest BCUT2D eigenvalue weighted by Crippen LogP contribution is -2.08. The Hall–Kier alpha value is -1.41. The van der Waals surface area contributed by atoms with Crippen LogP contribution in [-0.2, 0) is 0 Å². The van der Waals surface area contributed by atoms with E-state index in [1.54, 1.807) is 0 Å². The number of aryl methyl sites for hydroxylation is 2. The third-order valence-electron chi connectivity index (χ3n) is 3.30. The number of anilines is 1. The van der Waals surface area contributed by atoms with Crippen molar-refractivity contribution < 1.29 is 0 Å². The van der Waals surface area contributed by atoms with E-state index >= 15 is 0 Å². The van der Waals surface area contributed by atoms with Crippen LogP contribution in [0.25, 0.3) is 0 Å². The summed E-state index contributed by atoms with van der Waals surface area (Å²) in [6, 6.07) is 15.6. The van der Waals surface area contributed by atoms with E-state index < -0.39 is 0 Å². The summed E-state index contributed by atoms with van der Waals surface area (Å²) in [6.45, 7) is 8.73. The number of thioether (sulfide) groups is 1. The van der Waals surface area contributed by atoms with Crippen molar-refractivity contribution >= 4 is 17.4 Å². The molecule has 1 nitrogen and oxygen atoms in total. The second-order valence-electron chi connectivity index (χ2n) is 5.22. The fraction of sp³-hybridized carbons (Fsp3) is 0.333. The maximum Gasteiger partial charge on any atom is 0.0486 e. The number of hydrogen-bond acceptors (Lipinski definition) is 2. The Kier molecular flexibility index (Phi) is 5.13. The Morgan fingerprint density at radius 2 is 1.70 bits per heavy atom. The molecular formula is C18H23NS. The van der Waals surface area contributed by atoms with Crippen molar-refractivity contribution in [3.8, 4) is 0 Å². The molecule has 1 unspecified atom stereocenters. The molecule has 0 fully saturated rings. The van der Waals surface area contributed by atoms with Gasteiger partial charge in [0, 0.05) is 16.6 Å². The van der Waals surface area contributed by atoms with Crippen LogP contribution < -0.4 is 5.32 Å². The lowest BCUT2D eigenvalue weighted by Gasteiger charge is -2.19. The van der Waals surface area contributed by atoms with Crippen LogP contribution in [0, 0.1) is 13.8 Å². The normalized spacial score (nSPS) is 12.2. The largest absolute Gasteiger partial charge is 0.378 e. The molecule has 2 heteroatoms. The molecule has 0 spiro atoms. The molecule has 0 aliphatic rings. The lowest BCUT2D eigenvalue weighted by atomic mass is 10.0. The van der Waals surface area contributed by atoms with Crippen LogP contribution in [0.1, 0.15) is 36.6 Å². The topological polar surface area (TPSA) is 12.0 Å². The van der Waals surface area contributed by atoms with Crippen LogP contribution in [0.3, 0.4) is 0 Å². The maximum absolute atomic E-state index is 3.65. The minimum Gasteiger partial charge on any atom is -0.378 e. The highest BCUT2D eigenvalue weighted by Crippen LogP contribution is 2.30. The third-order valence-corrected chi connectivity index (χ3v) is 4.26. The number of rotatable bonds is 5. The minimum absolute atomic E-state index is 0.312. The van der Waals surface area contributed by atoms with Gasteiger partial charge in [-0.05, 0) is 44.2 Å². The molecule has 0 saturated carbocycles. The standard InChI is InChI=1S/C18H23NS/c1-5-20-18-9-7-6-8-17(18)19-15(4)16-11-13(2)10-14(3)12-16/h6-12,15,19H,5H2,1-4H3. The first-order valence-corrected chi connectivity index (χ1v) is 8.15. The number of hydrogen-bond donors (Lipinski definition) is 1. The zero-order valence-corrected chi connectivity index (χ0v) is 13.6. The van der Waals surface area contributed by atoms with E-state index in [2.05, 4.69) is 75.5 Å². The van der Waals surface area contributed by atoms with Gasteiger partial charge in [0.2, 0.25) is 0 Å². The van der Waals surface area contributed by atoms with Gasteiger partial charge in [0.25, 0.3) is 0 Å². The number of benzene rings is 2. The van der Waals surface area contributed by atoms with Gasteiger partial charge >= 0.3 is 0 Å². The fourth-order valence-corrected chi connectivity index (χ4v) is 3.21. The van der Waals surface area contributed by atoms with Gasteiger partial charge < -0.3 is 5.32 Å². The van der Waals surface area contributed by atoms with Gasteiger partial charge in [-0.15, -0.1) is 11.8 Å². The van der Waals surface area contributed by atoms with Gasteiger partial charge in [-0.1, -0.05) is 48.4 Å². The van der Waals surface area contributed by atoms with E-state index in [9.17, 15) is 0 Å². The molecule has 2 aromatic carbocycles. The Morgan fingerprint density at radius 1 is 1.05 bits per heavy atom. The molecule has 0 radical (unpaired) electrons. The predicted molar refractivity (Wildman–Crippen MR) is 90.8 cm³/mol. The Bertz CT molecular complexity index is 557. The summed E-state index contributed by atoms with van der Waals surface area (Å²) in [4.78, 5) is 1.33. The molecule has 0 heterocycles. The predicted octanol–water partition coefficient (Wildman–Crippen LogP) is 5.59. The highest BCUT2D eigenvalue weighted by molar-refractivity contribution is 7.99. The Morgan fingerprint density at radius 3 is 2.35 bits per heavy atom. The SMILES string of the molecule is CCSc1ccccc1NC(C)c1cc(C)cc(C)c1. The van der Waals surface area contributed by atoms with Crippen molar-refractivity contribution in [2.24, 2.45) is 0 Å². The molecule has 20 heavy (non-hydrogen) atoms. The van der Waals surface area contributed by atoms with E-state index in [0.29, 0.717) is 6.04 Å². The monoisotopic (exact) mass is 285 g/mol. The van der Waals surface area contributed by atoms with Gasteiger partial charge in [-0.3, -0.25) is 0 Å². The first kappa shape index (κ1) is 15.0. The second kappa shape index (κ2) is 6.85. The molecule has 0 saturated heterocycles. The molecule has 1 N–H and O–H groups in total. The van der Waals surface area contributed by atoms with E-state index in [1.807, 2.05) is 11.8 Å². The van der Waals surface area contributed by atoms with Crippen molar-refractivity contribution in [2.45, 2.75) is 38.6 Å². The summed E-state index contributed by atoms with van der Waals surface area (Å²) >= 11 is 1.88. The van der Waals surface area contributed by atoms with Crippen molar-refractivity contribution in [2.75, 3.05) is 11.1 Å².